The van der Waals surface area contributed by atoms with Crippen molar-refractivity contribution in [1.82, 2.24) is 0 Å². The van der Waals surface area contributed by atoms with Gasteiger partial charge in [0.1, 0.15) is 18.8 Å². The summed E-state index contributed by atoms with van der Waals surface area (Å²) in [5, 5.41) is 23.0. The Balaban J connectivity index is 1.19. The minimum atomic E-state index is -0.990. The highest BCUT2D eigenvalue weighted by molar-refractivity contribution is 5.85. The zero-order valence-electron chi connectivity index (χ0n) is 25.2. The number of fused-ring (bicyclic) bond motifs is 5. The minimum absolute atomic E-state index is 0.0898. The van der Waals surface area contributed by atoms with Gasteiger partial charge in [0.2, 0.25) is 0 Å². The molecule has 2 N–H and O–H groups in total. The van der Waals surface area contributed by atoms with Gasteiger partial charge >= 0.3 is 11.9 Å². The van der Waals surface area contributed by atoms with Crippen LogP contribution in [0.2, 0.25) is 0 Å². The Kier molecular flexibility index (Phi) is 7.62. The average molecular weight is 577 g/mol. The maximum Gasteiger partial charge on any atom is 0.331 e. The molecule has 0 aromatic rings. The Morgan fingerprint density at radius 1 is 1.07 bits per heavy atom. The lowest BCUT2D eigenvalue weighted by molar-refractivity contribution is -0.273. The molecule has 9 nitrogen and oxygen atoms in total. The summed E-state index contributed by atoms with van der Waals surface area (Å²) in [4.78, 5) is 24.2. The standard InChI is InChI=1S/C32H48O9/c1-17-29(35)24(37-5)14-27(39-17)41-21-8-10-30(3)20(13-21)6-7-23-22(30)9-11-31(4)28(19-12-26(34)38-16-19)25(40-18(2)33)15-32(23,31)36/h12,17,20-25,27-29,35-36H,6-11,13-16H2,1-5H3/t17-,20+,21-,22+,23?,24-,25+,27+,28-,29+,30-,31-,32-/m1/s1. The molecule has 9 heteroatoms. The lowest BCUT2D eigenvalue weighted by Crippen LogP contribution is -2.62. The predicted molar refractivity (Wildman–Crippen MR) is 147 cm³/mol. The molecule has 13 atom stereocenters. The van der Waals surface area contributed by atoms with E-state index in [-0.39, 0.29) is 60.4 Å². The molecule has 0 amide bonds. The summed E-state index contributed by atoms with van der Waals surface area (Å²) in [6.07, 6.45) is 7.14. The van der Waals surface area contributed by atoms with Crippen LogP contribution in [0.4, 0.5) is 0 Å². The molecular weight excluding hydrogens is 528 g/mol. The molecule has 230 valence electrons. The highest BCUT2D eigenvalue weighted by Gasteiger charge is 2.71. The Bertz CT molecular complexity index is 1080. The van der Waals surface area contributed by atoms with Crippen LogP contribution in [-0.4, -0.2) is 78.3 Å². The van der Waals surface area contributed by atoms with Crippen molar-refractivity contribution in [3.05, 3.63) is 11.6 Å². The number of ether oxygens (including phenoxy) is 5. The first-order valence-corrected chi connectivity index (χ1v) is 15.7. The van der Waals surface area contributed by atoms with Gasteiger partial charge in [-0.25, -0.2) is 4.79 Å². The fourth-order valence-electron chi connectivity index (χ4n) is 10.4. The Hall–Kier alpha value is -1.52. The molecule has 1 unspecified atom stereocenters. The summed E-state index contributed by atoms with van der Waals surface area (Å²) in [6, 6.07) is 0. The van der Waals surface area contributed by atoms with Crippen LogP contribution in [0.3, 0.4) is 0 Å². The fraction of sp³-hybridized carbons (Fsp3) is 0.875. The molecule has 1 saturated heterocycles. The van der Waals surface area contributed by atoms with Gasteiger partial charge in [0.05, 0.1) is 23.9 Å². The van der Waals surface area contributed by atoms with Crippen LogP contribution < -0.4 is 0 Å². The SMILES string of the molecule is CO[C@@H]1C[C@H](O[C@@H]2CC[C@]3(C)[C@@H](CCC4[C@@H]3CC[C@]3(C)[C@H](C5=CC(=O)OC5)[C@@H](OC(C)=O)C[C@@]43O)C2)O[C@H](C)[C@@H]1O. The molecule has 0 radical (unpaired) electrons. The lowest BCUT2D eigenvalue weighted by atomic mass is 9.43. The second-order valence-electron chi connectivity index (χ2n) is 14.3. The third-order valence-corrected chi connectivity index (χ3v) is 12.5. The van der Waals surface area contributed by atoms with Crippen LogP contribution >= 0.6 is 0 Å². The highest BCUT2D eigenvalue weighted by Crippen LogP contribution is 2.70. The summed E-state index contributed by atoms with van der Waals surface area (Å²) in [5.41, 5.74) is -0.559. The molecule has 0 spiro atoms. The van der Waals surface area contributed by atoms with Crippen molar-refractivity contribution >= 4 is 11.9 Å². The van der Waals surface area contributed by atoms with Crippen molar-refractivity contribution in [2.24, 2.45) is 34.5 Å². The number of aliphatic hydroxyl groups excluding tert-OH is 1. The van der Waals surface area contributed by atoms with E-state index in [9.17, 15) is 19.8 Å². The Morgan fingerprint density at radius 2 is 1.85 bits per heavy atom. The first-order chi connectivity index (χ1) is 19.4. The lowest BCUT2D eigenvalue weighted by Gasteiger charge is -2.63. The molecule has 0 aromatic heterocycles. The zero-order chi connectivity index (χ0) is 29.3. The van der Waals surface area contributed by atoms with E-state index < -0.39 is 23.2 Å². The molecule has 4 saturated carbocycles. The van der Waals surface area contributed by atoms with E-state index in [1.165, 1.54) is 6.92 Å². The number of rotatable bonds is 5. The van der Waals surface area contributed by atoms with Crippen molar-refractivity contribution in [1.29, 1.82) is 0 Å². The monoisotopic (exact) mass is 576 g/mol. The van der Waals surface area contributed by atoms with Crippen LogP contribution in [-0.2, 0) is 33.3 Å². The summed E-state index contributed by atoms with van der Waals surface area (Å²) in [6.45, 7) is 8.06. The number of cyclic esters (lactones) is 1. The van der Waals surface area contributed by atoms with Gasteiger partial charge in [-0.05, 0) is 80.6 Å². The third-order valence-electron chi connectivity index (χ3n) is 12.5. The van der Waals surface area contributed by atoms with Gasteiger partial charge in [-0.3, -0.25) is 4.79 Å². The Labute approximate surface area is 243 Å². The quantitative estimate of drug-likeness (QED) is 0.373. The van der Waals surface area contributed by atoms with Crippen molar-refractivity contribution in [2.45, 2.75) is 128 Å². The normalized spacial score (nSPS) is 51.2. The molecule has 2 heterocycles. The van der Waals surface area contributed by atoms with E-state index in [0.29, 0.717) is 24.7 Å². The number of esters is 2. The fourth-order valence-corrected chi connectivity index (χ4v) is 10.4. The number of aliphatic hydroxyl groups is 2. The van der Waals surface area contributed by atoms with Crippen molar-refractivity contribution in [2.75, 3.05) is 13.7 Å². The van der Waals surface area contributed by atoms with Crippen molar-refractivity contribution in [3.8, 4) is 0 Å². The number of hydrogen-bond acceptors (Lipinski definition) is 9. The maximum absolute atomic E-state index is 12.7. The van der Waals surface area contributed by atoms with Gasteiger partial charge in [0.25, 0.3) is 0 Å². The van der Waals surface area contributed by atoms with Gasteiger partial charge in [-0.15, -0.1) is 0 Å². The third kappa shape index (κ3) is 4.69. The van der Waals surface area contributed by atoms with E-state index >= 15 is 0 Å². The van der Waals surface area contributed by atoms with Gasteiger partial charge in [0.15, 0.2) is 6.29 Å². The first-order valence-electron chi connectivity index (χ1n) is 15.7. The average Bonchev–Trinajstić information content (AvgIpc) is 3.42. The second-order valence-corrected chi connectivity index (χ2v) is 14.3. The summed E-state index contributed by atoms with van der Waals surface area (Å²) in [5.74, 6) is 0.0175. The largest absolute Gasteiger partial charge is 0.462 e. The molecular formula is C32H48O9. The second kappa shape index (κ2) is 10.6. The molecule has 41 heavy (non-hydrogen) atoms. The molecule has 2 aliphatic heterocycles. The van der Waals surface area contributed by atoms with Gasteiger partial charge in [-0.2, -0.15) is 0 Å². The topological polar surface area (TPSA) is 121 Å². The smallest absolute Gasteiger partial charge is 0.331 e. The molecule has 0 aromatic carbocycles. The van der Waals surface area contributed by atoms with Crippen molar-refractivity contribution < 1.29 is 43.5 Å². The zero-order valence-corrected chi connectivity index (χ0v) is 25.2. The predicted octanol–water partition coefficient (Wildman–Crippen LogP) is 3.68. The first kappa shape index (κ1) is 29.5. The summed E-state index contributed by atoms with van der Waals surface area (Å²) >= 11 is 0. The molecule has 6 rings (SSSR count). The number of carbonyl (C=O) groups excluding carboxylic acids is 2. The van der Waals surface area contributed by atoms with E-state index in [2.05, 4.69) is 13.8 Å². The van der Waals surface area contributed by atoms with Gasteiger partial charge in [0, 0.05) is 44.3 Å². The van der Waals surface area contributed by atoms with Crippen molar-refractivity contribution in [3.63, 3.8) is 0 Å². The van der Waals surface area contributed by atoms with Crippen LogP contribution in [0.15, 0.2) is 11.6 Å². The summed E-state index contributed by atoms with van der Waals surface area (Å²) < 4.78 is 29.1. The van der Waals surface area contributed by atoms with E-state index in [0.717, 1.165) is 50.5 Å². The number of carbonyl (C=O) groups is 2. The number of hydrogen-bond donors (Lipinski definition) is 2. The van der Waals surface area contributed by atoms with Crippen LogP contribution in [0.1, 0.15) is 85.5 Å². The van der Waals surface area contributed by atoms with Gasteiger partial charge < -0.3 is 33.9 Å². The molecule has 4 aliphatic carbocycles. The minimum Gasteiger partial charge on any atom is -0.462 e. The number of methoxy groups -OCH3 is 1. The highest BCUT2D eigenvalue weighted by atomic mass is 16.7. The summed E-state index contributed by atoms with van der Waals surface area (Å²) in [7, 11) is 1.62. The van der Waals surface area contributed by atoms with Crippen LogP contribution in [0, 0.1) is 34.5 Å². The van der Waals surface area contributed by atoms with E-state index in [1.807, 2.05) is 6.92 Å². The van der Waals surface area contributed by atoms with Gasteiger partial charge in [-0.1, -0.05) is 13.8 Å². The molecule has 0 bridgehead atoms. The molecule has 6 aliphatic rings. The van der Waals surface area contributed by atoms with E-state index in [1.54, 1.807) is 13.2 Å². The molecule has 5 fully saturated rings. The van der Waals surface area contributed by atoms with E-state index in [4.69, 9.17) is 23.7 Å². The van der Waals surface area contributed by atoms with Crippen LogP contribution in [0.25, 0.3) is 0 Å². The maximum atomic E-state index is 12.7. The Morgan fingerprint density at radius 3 is 2.54 bits per heavy atom. The van der Waals surface area contributed by atoms with Crippen LogP contribution in [0.5, 0.6) is 0 Å².